The highest BCUT2D eigenvalue weighted by Gasteiger charge is 2.40. The van der Waals surface area contributed by atoms with Crippen molar-refractivity contribution in [2.24, 2.45) is 5.92 Å². The van der Waals surface area contributed by atoms with Gasteiger partial charge in [-0.15, -0.1) is 0 Å². The second-order valence-corrected chi connectivity index (χ2v) is 7.98. The third-order valence-electron chi connectivity index (χ3n) is 5.13. The number of hydrogen-bond acceptors (Lipinski definition) is 3. The molecule has 146 valence electrons. The molecule has 2 aromatic rings. The minimum absolute atomic E-state index is 0.197. The lowest BCUT2D eigenvalue weighted by atomic mass is 9.99. The molecule has 0 N–H and O–H groups in total. The molecule has 0 saturated heterocycles. The fourth-order valence-electron chi connectivity index (χ4n) is 3.54. The van der Waals surface area contributed by atoms with Gasteiger partial charge in [-0.2, -0.15) is 0 Å². The van der Waals surface area contributed by atoms with Crippen LogP contribution in [-0.4, -0.2) is 35.2 Å². The van der Waals surface area contributed by atoms with Gasteiger partial charge in [0.1, 0.15) is 5.70 Å². The fraction of sp³-hybridized carbons (Fsp3) is 0.333. The summed E-state index contributed by atoms with van der Waals surface area (Å²) in [5.41, 5.74) is 5.17. The summed E-state index contributed by atoms with van der Waals surface area (Å²) in [6.07, 6.45) is 0. The van der Waals surface area contributed by atoms with Crippen LogP contribution >= 0.6 is 0 Å². The summed E-state index contributed by atoms with van der Waals surface area (Å²) < 4.78 is 0. The minimum Gasteiger partial charge on any atom is -0.365 e. The molecule has 0 aliphatic carbocycles. The summed E-state index contributed by atoms with van der Waals surface area (Å²) in [6.45, 7) is 9.10. The number of carbonyl (C=O) groups excluding carboxylic acids is 2. The maximum atomic E-state index is 13.2. The van der Waals surface area contributed by atoms with E-state index in [1.807, 2.05) is 88.2 Å². The van der Waals surface area contributed by atoms with Crippen LogP contribution in [0.3, 0.4) is 0 Å². The van der Waals surface area contributed by atoms with Gasteiger partial charge < -0.3 is 4.90 Å². The van der Waals surface area contributed by atoms with Crippen molar-refractivity contribution in [1.29, 1.82) is 0 Å². The van der Waals surface area contributed by atoms with Crippen molar-refractivity contribution in [2.75, 3.05) is 13.6 Å². The standard InChI is InChI=1S/C24H28N2O2/c1-16(2)14-26-23(27)21(20-12-11-17(3)18(4)13-20)22(24(26)28)25(5)15-19-9-7-6-8-10-19/h6-13,16H,14-15H2,1-5H3. The van der Waals surface area contributed by atoms with Crippen LogP contribution in [0.4, 0.5) is 0 Å². The zero-order valence-corrected chi connectivity index (χ0v) is 17.3. The molecule has 3 rings (SSSR count). The molecule has 1 aliphatic rings. The molecule has 1 heterocycles. The molecule has 0 fully saturated rings. The predicted molar refractivity (Wildman–Crippen MR) is 112 cm³/mol. The van der Waals surface area contributed by atoms with E-state index in [9.17, 15) is 9.59 Å². The van der Waals surface area contributed by atoms with E-state index in [4.69, 9.17) is 0 Å². The highest BCUT2D eigenvalue weighted by molar-refractivity contribution is 6.35. The molecule has 28 heavy (non-hydrogen) atoms. The van der Waals surface area contributed by atoms with Crippen LogP contribution < -0.4 is 0 Å². The van der Waals surface area contributed by atoms with Gasteiger partial charge in [0.2, 0.25) is 0 Å². The minimum atomic E-state index is -0.203. The van der Waals surface area contributed by atoms with E-state index >= 15 is 0 Å². The molecule has 4 nitrogen and oxygen atoms in total. The lowest BCUT2D eigenvalue weighted by Crippen LogP contribution is -2.36. The third kappa shape index (κ3) is 3.86. The Kier molecular flexibility index (Phi) is 5.68. The van der Waals surface area contributed by atoms with Crippen molar-refractivity contribution >= 4 is 17.4 Å². The van der Waals surface area contributed by atoms with Gasteiger partial charge in [0.15, 0.2) is 0 Å². The SMILES string of the molecule is Cc1ccc(C2=C(N(C)Cc3ccccc3)C(=O)N(CC(C)C)C2=O)cc1C. The average molecular weight is 377 g/mol. The number of rotatable bonds is 6. The van der Waals surface area contributed by atoms with Crippen LogP contribution in [0.1, 0.15) is 36.1 Å². The number of hydrogen-bond donors (Lipinski definition) is 0. The summed E-state index contributed by atoms with van der Waals surface area (Å²) in [5, 5.41) is 0. The molecule has 0 atom stereocenters. The molecule has 1 aliphatic heterocycles. The van der Waals surface area contributed by atoms with Gasteiger partial charge in [0, 0.05) is 20.1 Å². The smallest absolute Gasteiger partial charge is 0.277 e. The Balaban J connectivity index is 2.06. The predicted octanol–water partition coefficient (Wildman–Crippen LogP) is 4.17. The van der Waals surface area contributed by atoms with Gasteiger partial charge in [0.05, 0.1) is 5.57 Å². The summed E-state index contributed by atoms with van der Waals surface area (Å²) in [5.74, 6) is -0.185. The van der Waals surface area contributed by atoms with Gasteiger partial charge in [-0.1, -0.05) is 62.4 Å². The van der Waals surface area contributed by atoms with Crippen LogP contribution in [0.15, 0.2) is 54.2 Å². The largest absolute Gasteiger partial charge is 0.365 e. The molecule has 2 amide bonds. The van der Waals surface area contributed by atoms with Crippen LogP contribution in [0.2, 0.25) is 0 Å². The maximum absolute atomic E-state index is 13.2. The van der Waals surface area contributed by atoms with Gasteiger partial charge >= 0.3 is 0 Å². The van der Waals surface area contributed by atoms with Crippen molar-refractivity contribution in [3.63, 3.8) is 0 Å². The summed E-state index contributed by atoms with van der Waals surface area (Å²) in [4.78, 5) is 29.8. The zero-order chi connectivity index (χ0) is 20.4. The van der Waals surface area contributed by atoms with Crippen molar-refractivity contribution in [3.8, 4) is 0 Å². The van der Waals surface area contributed by atoms with Crippen molar-refractivity contribution in [2.45, 2.75) is 34.2 Å². The van der Waals surface area contributed by atoms with E-state index in [2.05, 4.69) is 0 Å². The first-order valence-corrected chi connectivity index (χ1v) is 9.72. The highest BCUT2D eigenvalue weighted by Crippen LogP contribution is 2.33. The van der Waals surface area contributed by atoms with Gasteiger partial charge in [0.25, 0.3) is 11.8 Å². The lowest BCUT2D eigenvalue weighted by molar-refractivity contribution is -0.138. The second kappa shape index (κ2) is 8.01. The summed E-state index contributed by atoms with van der Waals surface area (Å²) in [7, 11) is 1.88. The molecular formula is C24H28N2O2. The van der Waals surface area contributed by atoms with Crippen molar-refractivity contribution in [1.82, 2.24) is 9.80 Å². The molecule has 0 radical (unpaired) electrons. The van der Waals surface area contributed by atoms with E-state index in [-0.39, 0.29) is 17.7 Å². The molecule has 0 saturated carbocycles. The first-order valence-electron chi connectivity index (χ1n) is 9.72. The number of nitrogens with zero attached hydrogens (tertiary/aromatic N) is 2. The van der Waals surface area contributed by atoms with Crippen LogP contribution in [0, 0.1) is 19.8 Å². The lowest BCUT2D eigenvalue weighted by Gasteiger charge is -2.22. The number of amides is 2. The Labute approximate surface area is 167 Å². The van der Waals surface area contributed by atoms with Crippen LogP contribution in [-0.2, 0) is 16.1 Å². The second-order valence-electron chi connectivity index (χ2n) is 7.98. The fourth-order valence-corrected chi connectivity index (χ4v) is 3.54. The van der Waals surface area contributed by atoms with Gasteiger partial charge in [-0.25, -0.2) is 0 Å². The molecule has 2 aromatic carbocycles. The highest BCUT2D eigenvalue weighted by atomic mass is 16.2. The van der Waals surface area contributed by atoms with Gasteiger partial charge in [-0.3, -0.25) is 14.5 Å². The monoisotopic (exact) mass is 376 g/mol. The van der Waals surface area contributed by atoms with Gasteiger partial charge in [-0.05, 0) is 42.0 Å². The van der Waals surface area contributed by atoms with E-state index in [0.717, 1.165) is 16.7 Å². The number of likely N-dealkylation sites (N-methyl/N-ethyl adjacent to an activating group) is 1. The number of aryl methyl sites for hydroxylation is 2. The number of carbonyl (C=O) groups is 2. The first-order chi connectivity index (χ1) is 13.3. The Morgan fingerprint density at radius 1 is 0.929 bits per heavy atom. The Bertz CT molecular complexity index is 929. The Morgan fingerprint density at radius 3 is 2.21 bits per heavy atom. The van der Waals surface area contributed by atoms with Crippen molar-refractivity contribution in [3.05, 3.63) is 76.5 Å². The van der Waals surface area contributed by atoms with E-state index in [1.165, 1.54) is 10.5 Å². The molecule has 0 unspecified atom stereocenters. The quantitative estimate of drug-likeness (QED) is 0.711. The first kappa shape index (κ1) is 19.9. The average Bonchev–Trinajstić information content (AvgIpc) is 2.89. The van der Waals surface area contributed by atoms with Crippen molar-refractivity contribution < 1.29 is 9.59 Å². The molecule has 0 aromatic heterocycles. The summed E-state index contributed by atoms with van der Waals surface area (Å²) >= 11 is 0. The molecule has 4 heteroatoms. The van der Waals surface area contributed by atoms with Crippen LogP contribution in [0.5, 0.6) is 0 Å². The Morgan fingerprint density at radius 2 is 1.61 bits per heavy atom. The van der Waals surface area contributed by atoms with Crippen LogP contribution in [0.25, 0.3) is 5.57 Å². The molecular weight excluding hydrogens is 348 g/mol. The molecule has 0 spiro atoms. The maximum Gasteiger partial charge on any atom is 0.277 e. The normalized spacial score (nSPS) is 14.4. The third-order valence-corrected chi connectivity index (χ3v) is 5.13. The van der Waals surface area contributed by atoms with E-state index in [1.54, 1.807) is 0 Å². The number of benzene rings is 2. The number of imide groups is 1. The Hall–Kier alpha value is -2.88. The summed E-state index contributed by atoms with van der Waals surface area (Å²) in [6, 6.07) is 15.9. The van der Waals surface area contributed by atoms with E-state index < -0.39 is 0 Å². The zero-order valence-electron chi connectivity index (χ0n) is 17.3. The topological polar surface area (TPSA) is 40.6 Å². The van der Waals surface area contributed by atoms with E-state index in [0.29, 0.717) is 24.4 Å². The molecule has 0 bridgehead atoms.